The van der Waals surface area contributed by atoms with Crippen LogP contribution in [-0.4, -0.2) is 58.7 Å². The van der Waals surface area contributed by atoms with E-state index in [1.807, 2.05) is 4.90 Å². The summed E-state index contributed by atoms with van der Waals surface area (Å²) < 4.78 is 0. The predicted molar refractivity (Wildman–Crippen MR) is 77.4 cm³/mol. The van der Waals surface area contributed by atoms with E-state index in [1.165, 1.54) is 4.90 Å². The zero-order valence-electron chi connectivity index (χ0n) is 11.6. The Hall–Kier alpha value is -1.11. The van der Waals surface area contributed by atoms with E-state index in [9.17, 15) is 14.4 Å². The lowest BCUT2D eigenvalue weighted by molar-refractivity contribution is -0.134. The van der Waals surface area contributed by atoms with Crippen LogP contribution in [0.1, 0.15) is 26.2 Å². The molecule has 20 heavy (non-hydrogen) atoms. The van der Waals surface area contributed by atoms with E-state index in [0.717, 1.165) is 32.4 Å². The SMILES string of the molecule is CCC1CCN(C(=O)CN2CC(Br)C(=O)NC2=O)CC1. The molecule has 1 N–H and O–H groups in total. The van der Waals surface area contributed by atoms with E-state index in [2.05, 4.69) is 28.2 Å². The molecule has 0 aromatic rings. The summed E-state index contributed by atoms with van der Waals surface area (Å²) >= 11 is 3.19. The fourth-order valence-corrected chi connectivity index (χ4v) is 3.08. The summed E-state index contributed by atoms with van der Waals surface area (Å²) in [5.41, 5.74) is 0. The monoisotopic (exact) mass is 345 g/mol. The Morgan fingerprint density at radius 2 is 2.00 bits per heavy atom. The van der Waals surface area contributed by atoms with Gasteiger partial charge in [0.05, 0.1) is 0 Å². The molecule has 4 amide bonds. The summed E-state index contributed by atoms with van der Waals surface area (Å²) in [4.78, 5) is 37.9. The van der Waals surface area contributed by atoms with Crippen LogP contribution in [0.3, 0.4) is 0 Å². The minimum absolute atomic E-state index is 0.0382. The topological polar surface area (TPSA) is 69.7 Å². The molecule has 2 fully saturated rings. The van der Waals surface area contributed by atoms with E-state index in [4.69, 9.17) is 0 Å². The molecule has 2 aliphatic heterocycles. The molecule has 1 atom stereocenters. The molecule has 2 heterocycles. The Labute approximate surface area is 127 Å². The largest absolute Gasteiger partial charge is 0.341 e. The molecule has 0 spiro atoms. The maximum atomic E-state index is 12.2. The van der Waals surface area contributed by atoms with Crippen LogP contribution >= 0.6 is 15.9 Å². The number of carbonyl (C=O) groups is 3. The first-order valence-electron chi connectivity index (χ1n) is 7.03. The highest BCUT2D eigenvalue weighted by atomic mass is 79.9. The standard InChI is InChI=1S/C13H20BrN3O3/c1-2-9-3-5-16(6-4-9)11(18)8-17-7-10(14)12(19)15-13(17)20/h9-10H,2-8H2,1H3,(H,15,19,20). The molecule has 112 valence electrons. The van der Waals surface area contributed by atoms with Crippen molar-refractivity contribution in [3.05, 3.63) is 0 Å². The molecule has 2 aliphatic rings. The second-order valence-electron chi connectivity index (χ2n) is 5.37. The van der Waals surface area contributed by atoms with Gasteiger partial charge < -0.3 is 9.80 Å². The van der Waals surface area contributed by atoms with Crippen LogP contribution in [0.25, 0.3) is 0 Å². The Balaban J connectivity index is 1.85. The number of urea groups is 1. The van der Waals surface area contributed by atoms with E-state index in [-0.39, 0.29) is 24.9 Å². The summed E-state index contributed by atoms with van der Waals surface area (Å²) in [6, 6.07) is -0.484. The number of alkyl halides is 1. The van der Waals surface area contributed by atoms with Gasteiger partial charge in [0.25, 0.3) is 0 Å². The Kier molecular flexibility index (Phi) is 5.01. The molecule has 0 aromatic carbocycles. The van der Waals surface area contributed by atoms with Gasteiger partial charge in [-0.25, -0.2) is 4.79 Å². The number of halogens is 1. The third-order valence-electron chi connectivity index (χ3n) is 4.05. The average Bonchev–Trinajstić information content (AvgIpc) is 2.44. The molecule has 0 aliphatic carbocycles. The molecular formula is C13H20BrN3O3. The Morgan fingerprint density at radius 3 is 2.60 bits per heavy atom. The first-order chi connectivity index (χ1) is 9.51. The van der Waals surface area contributed by atoms with Gasteiger partial charge >= 0.3 is 6.03 Å². The molecule has 0 bridgehead atoms. The number of carbonyl (C=O) groups excluding carboxylic acids is 3. The maximum absolute atomic E-state index is 12.2. The summed E-state index contributed by atoms with van der Waals surface area (Å²) in [6.07, 6.45) is 3.23. The highest BCUT2D eigenvalue weighted by molar-refractivity contribution is 9.10. The van der Waals surface area contributed by atoms with Crippen LogP contribution in [0.15, 0.2) is 0 Å². The Bertz CT molecular complexity index is 408. The quantitative estimate of drug-likeness (QED) is 0.774. The van der Waals surface area contributed by atoms with Gasteiger partial charge in [-0.3, -0.25) is 14.9 Å². The Morgan fingerprint density at radius 1 is 1.35 bits per heavy atom. The number of hydrogen-bond acceptors (Lipinski definition) is 3. The van der Waals surface area contributed by atoms with E-state index < -0.39 is 10.9 Å². The highest BCUT2D eigenvalue weighted by Gasteiger charge is 2.32. The van der Waals surface area contributed by atoms with Crippen LogP contribution in [0, 0.1) is 5.92 Å². The second-order valence-corrected chi connectivity index (χ2v) is 6.48. The molecule has 0 saturated carbocycles. The van der Waals surface area contributed by atoms with Crippen LogP contribution in [0.2, 0.25) is 0 Å². The number of amides is 4. The van der Waals surface area contributed by atoms with Crippen molar-refractivity contribution in [3.63, 3.8) is 0 Å². The highest BCUT2D eigenvalue weighted by Crippen LogP contribution is 2.20. The van der Waals surface area contributed by atoms with Crippen LogP contribution in [0.4, 0.5) is 4.79 Å². The van der Waals surface area contributed by atoms with Crippen LogP contribution in [-0.2, 0) is 9.59 Å². The fourth-order valence-electron chi connectivity index (χ4n) is 2.61. The van der Waals surface area contributed by atoms with Gasteiger partial charge in [-0.15, -0.1) is 0 Å². The molecule has 2 rings (SSSR count). The lowest BCUT2D eigenvalue weighted by Crippen LogP contribution is -2.57. The molecule has 0 radical (unpaired) electrons. The van der Waals surface area contributed by atoms with E-state index >= 15 is 0 Å². The van der Waals surface area contributed by atoms with Gasteiger partial charge in [0, 0.05) is 19.6 Å². The van der Waals surface area contributed by atoms with Gasteiger partial charge in [0.2, 0.25) is 11.8 Å². The lowest BCUT2D eigenvalue weighted by atomic mass is 9.94. The minimum atomic E-state index is -0.484. The molecule has 1 unspecified atom stereocenters. The van der Waals surface area contributed by atoms with Gasteiger partial charge in [-0.1, -0.05) is 29.3 Å². The number of nitrogens with zero attached hydrogens (tertiary/aromatic N) is 2. The van der Waals surface area contributed by atoms with Gasteiger partial charge in [0.15, 0.2) is 0 Å². The van der Waals surface area contributed by atoms with Crippen molar-refractivity contribution in [2.45, 2.75) is 31.0 Å². The van der Waals surface area contributed by atoms with Crippen molar-refractivity contribution in [2.24, 2.45) is 5.92 Å². The lowest BCUT2D eigenvalue weighted by Gasteiger charge is -2.34. The van der Waals surface area contributed by atoms with Crippen molar-refractivity contribution in [2.75, 3.05) is 26.2 Å². The number of hydrogen-bond donors (Lipinski definition) is 1. The van der Waals surface area contributed by atoms with Gasteiger partial charge in [-0.05, 0) is 18.8 Å². The summed E-state index contributed by atoms with van der Waals surface area (Å²) in [6.45, 7) is 3.99. The summed E-state index contributed by atoms with van der Waals surface area (Å²) in [5.74, 6) is 0.327. The second kappa shape index (κ2) is 6.56. The van der Waals surface area contributed by atoms with E-state index in [1.54, 1.807) is 0 Å². The van der Waals surface area contributed by atoms with Crippen molar-refractivity contribution < 1.29 is 14.4 Å². The van der Waals surface area contributed by atoms with Crippen LogP contribution in [0.5, 0.6) is 0 Å². The third-order valence-corrected chi connectivity index (χ3v) is 4.76. The van der Waals surface area contributed by atoms with Crippen molar-refractivity contribution in [1.82, 2.24) is 15.1 Å². The van der Waals surface area contributed by atoms with Crippen molar-refractivity contribution >= 4 is 33.8 Å². The van der Waals surface area contributed by atoms with Crippen molar-refractivity contribution in [3.8, 4) is 0 Å². The predicted octanol–water partition coefficient (Wildman–Crippen LogP) is 0.950. The van der Waals surface area contributed by atoms with Crippen molar-refractivity contribution in [1.29, 1.82) is 0 Å². The molecular weight excluding hydrogens is 326 g/mol. The number of piperidine rings is 1. The zero-order valence-corrected chi connectivity index (χ0v) is 13.2. The number of nitrogens with one attached hydrogen (secondary N) is 1. The summed E-state index contributed by atoms with van der Waals surface area (Å²) in [5, 5.41) is 2.23. The molecule has 6 nitrogen and oxygen atoms in total. The maximum Gasteiger partial charge on any atom is 0.324 e. The van der Waals surface area contributed by atoms with Gasteiger partial charge in [-0.2, -0.15) is 0 Å². The summed E-state index contributed by atoms with van der Waals surface area (Å²) in [7, 11) is 0. The normalized spacial score (nSPS) is 24.8. The number of imide groups is 1. The number of likely N-dealkylation sites (tertiary alicyclic amines) is 1. The first kappa shape index (κ1) is 15.3. The van der Waals surface area contributed by atoms with E-state index in [0.29, 0.717) is 5.92 Å². The third kappa shape index (κ3) is 3.50. The molecule has 0 aromatic heterocycles. The number of rotatable bonds is 3. The zero-order chi connectivity index (χ0) is 14.7. The van der Waals surface area contributed by atoms with Gasteiger partial charge in [0.1, 0.15) is 11.4 Å². The molecule has 2 saturated heterocycles. The smallest absolute Gasteiger partial charge is 0.324 e. The average molecular weight is 346 g/mol. The molecule has 7 heteroatoms. The fraction of sp³-hybridized carbons (Fsp3) is 0.769. The first-order valence-corrected chi connectivity index (χ1v) is 7.94. The minimum Gasteiger partial charge on any atom is -0.341 e. The van der Waals surface area contributed by atoms with Crippen LogP contribution < -0.4 is 5.32 Å².